The number of furan rings is 1. The van der Waals surface area contributed by atoms with Crippen molar-refractivity contribution >= 4 is 23.2 Å². The van der Waals surface area contributed by atoms with Crippen LogP contribution in [0.25, 0.3) is 0 Å². The van der Waals surface area contributed by atoms with Crippen LogP contribution in [0.5, 0.6) is 5.75 Å². The summed E-state index contributed by atoms with van der Waals surface area (Å²) in [6.45, 7) is -0.249. The van der Waals surface area contributed by atoms with Crippen LogP contribution in [0, 0.1) is 34.9 Å². The van der Waals surface area contributed by atoms with Crippen LogP contribution in [0.4, 0.5) is 32.0 Å². The van der Waals surface area contributed by atoms with Crippen LogP contribution in [0.2, 0.25) is 5.02 Å². The predicted molar refractivity (Wildman–Crippen MR) is 88.6 cm³/mol. The summed E-state index contributed by atoms with van der Waals surface area (Å²) in [7, 11) is 0. The Morgan fingerprint density at radius 3 is 2.17 bits per heavy atom. The van der Waals surface area contributed by atoms with Crippen molar-refractivity contribution in [2.45, 2.75) is 6.61 Å². The molecule has 0 fully saturated rings. The minimum absolute atomic E-state index is 0.0131. The number of hydrogen-bond donors (Lipinski definition) is 1. The number of benzene rings is 2. The molecule has 0 aliphatic carbocycles. The third kappa shape index (κ3) is 4.16. The first kappa shape index (κ1) is 20.6. The molecule has 11 heteroatoms. The summed E-state index contributed by atoms with van der Waals surface area (Å²) < 4.78 is 90.1. The highest BCUT2D eigenvalue weighted by Crippen LogP contribution is 2.28. The van der Waals surface area contributed by atoms with Crippen molar-refractivity contribution in [3.8, 4) is 5.75 Å². The quantitative estimate of drug-likeness (QED) is 0.322. The molecule has 0 aliphatic rings. The molecular formula is C18H8ClF6NO3. The maximum atomic E-state index is 13.6. The Morgan fingerprint density at radius 2 is 1.55 bits per heavy atom. The number of amides is 1. The van der Waals surface area contributed by atoms with E-state index < -0.39 is 52.3 Å². The highest BCUT2D eigenvalue weighted by Gasteiger charge is 2.27. The molecule has 0 radical (unpaired) electrons. The standard InChI is InChI=1S/C18H8ClF6NO3/c19-9-5-7(20)1-3-10(9)28-6-8-2-4-11(29-8)18(27)26-17-15(24)13(22)12(21)14(23)16(17)25/h1-5H,6H2,(H,26,27). The topological polar surface area (TPSA) is 51.5 Å². The lowest BCUT2D eigenvalue weighted by molar-refractivity contribution is 0.0991. The Kier molecular flexibility index (Phi) is 5.73. The Labute approximate surface area is 163 Å². The molecule has 0 saturated carbocycles. The van der Waals surface area contributed by atoms with Gasteiger partial charge in [-0.2, -0.15) is 0 Å². The van der Waals surface area contributed by atoms with Gasteiger partial charge in [0.25, 0.3) is 5.91 Å². The molecule has 1 aromatic heterocycles. The van der Waals surface area contributed by atoms with Crippen LogP contribution in [-0.4, -0.2) is 5.91 Å². The molecular weight excluding hydrogens is 428 g/mol. The monoisotopic (exact) mass is 435 g/mol. The lowest BCUT2D eigenvalue weighted by Crippen LogP contribution is -2.16. The van der Waals surface area contributed by atoms with Gasteiger partial charge in [0.2, 0.25) is 5.82 Å². The molecule has 4 nitrogen and oxygen atoms in total. The third-order valence-corrected chi connectivity index (χ3v) is 3.89. The van der Waals surface area contributed by atoms with Crippen molar-refractivity contribution in [2.24, 2.45) is 0 Å². The van der Waals surface area contributed by atoms with Gasteiger partial charge in [0.15, 0.2) is 29.0 Å². The summed E-state index contributed by atoms with van der Waals surface area (Å²) in [5, 5.41) is 1.56. The fraction of sp³-hybridized carbons (Fsp3) is 0.0556. The second-order valence-electron chi connectivity index (χ2n) is 5.53. The van der Waals surface area contributed by atoms with Gasteiger partial charge in [-0.3, -0.25) is 4.79 Å². The Balaban J connectivity index is 1.73. The Hall–Kier alpha value is -3.14. The predicted octanol–water partition coefficient (Wildman–Crippen LogP) is 5.60. The summed E-state index contributed by atoms with van der Waals surface area (Å²) in [5.74, 6) is -13.3. The van der Waals surface area contributed by atoms with E-state index in [9.17, 15) is 31.1 Å². The molecule has 3 rings (SSSR count). The van der Waals surface area contributed by atoms with E-state index in [1.54, 1.807) is 5.32 Å². The van der Waals surface area contributed by atoms with Crippen molar-refractivity contribution < 1.29 is 40.3 Å². The summed E-state index contributed by atoms with van der Waals surface area (Å²) in [6, 6.07) is 5.74. The van der Waals surface area contributed by atoms with Gasteiger partial charge < -0.3 is 14.5 Å². The van der Waals surface area contributed by atoms with E-state index in [1.807, 2.05) is 0 Å². The second-order valence-corrected chi connectivity index (χ2v) is 5.94. The number of carbonyl (C=O) groups is 1. The van der Waals surface area contributed by atoms with E-state index >= 15 is 0 Å². The minimum atomic E-state index is -2.35. The van der Waals surface area contributed by atoms with Crippen molar-refractivity contribution in [1.82, 2.24) is 0 Å². The van der Waals surface area contributed by atoms with Crippen LogP contribution in [0.15, 0.2) is 34.7 Å². The molecule has 152 valence electrons. The number of hydrogen-bond acceptors (Lipinski definition) is 3. The zero-order valence-corrected chi connectivity index (χ0v) is 14.7. The first-order valence-corrected chi connectivity index (χ1v) is 8.06. The van der Waals surface area contributed by atoms with Gasteiger partial charge in [-0.25, -0.2) is 26.3 Å². The van der Waals surface area contributed by atoms with E-state index in [0.29, 0.717) is 0 Å². The highest BCUT2D eigenvalue weighted by atomic mass is 35.5. The van der Waals surface area contributed by atoms with Crippen LogP contribution in [-0.2, 0) is 6.61 Å². The SMILES string of the molecule is O=C(Nc1c(F)c(F)c(F)c(F)c1F)c1ccc(COc2ccc(F)cc2Cl)o1. The van der Waals surface area contributed by atoms with Gasteiger partial charge in [-0.1, -0.05) is 11.6 Å². The number of nitrogens with one attached hydrogen (secondary N) is 1. The van der Waals surface area contributed by atoms with Crippen LogP contribution < -0.4 is 10.1 Å². The number of ether oxygens (including phenoxy) is 1. The third-order valence-electron chi connectivity index (χ3n) is 3.60. The molecule has 1 heterocycles. The summed E-state index contributed by atoms with van der Waals surface area (Å²) >= 11 is 5.79. The lowest BCUT2D eigenvalue weighted by atomic mass is 10.2. The number of anilines is 1. The van der Waals surface area contributed by atoms with E-state index in [2.05, 4.69) is 0 Å². The first-order chi connectivity index (χ1) is 13.7. The second kappa shape index (κ2) is 8.08. The molecule has 2 aromatic carbocycles. The highest BCUT2D eigenvalue weighted by molar-refractivity contribution is 6.32. The Bertz CT molecular complexity index is 1070. The van der Waals surface area contributed by atoms with Crippen molar-refractivity contribution in [3.63, 3.8) is 0 Å². The molecule has 3 aromatic rings. The van der Waals surface area contributed by atoms with Gasteiger partial charge in [0.1, 0.15) is 29.6 Å². The van der Waals surface area contributed by atoms with Gasteiger partial charge >= 0.3 is 0 Å². The molecule has 29 heavy (non-hydrogen) atoms. The molecule has 1 amide bonds. The molecule has 0 bridgehead atoms. The first-order valence-electron chi connectivity index (χ1n) is 7.68. The van der Waals surface area contributed by atoms with Crippen molar-refractivity contribution in [3.05, 3.63) is 81.8 Å². The van der Waals surface area contributed by atoms with E-state index in [4.69, 9.17) is 20.8 Å². The van der Waals surface area contributed by atoms with Crippen LogP contribution >= 0.6 is 11.6 Å². The fourth-order valence-corrected chi connectivity index (χ4v) is 2.43. The number of halogens is 7. The molecule has 0 unspecified atom stereocenters. The summed E-state index contributed by atoms with van der Waals surface area (Å²) in [6.07, 6.45) is 0. The van der Waals surface area contributed by atoms with Crippen LogP contribution in [0.3, 0.4) is 0 Å². The molecule has 0 spiro atoms. The lowest BCUT2D eigenvalue weighted by Gasteiger charge is -2.09. The molecule has 0 atom stereocenters. The summed E-state index contributed by atoms with van der Waals surface area (Å²) in [5.41, 5.74) is -1.52. The zero-order chi connectivity index (χ0) is 21.3. The normalized spacial score (nSPS) is 10.9. The van der Waals surface area contributed by atoms with Crippen molar-refractivity contribution in [2.75, 3.05) is 5.32 Å². The van der Waals surface area contributed by atoms with E-state index in [-0.39, 0.29) is 23.1 Å². The van der Waals surface area contributed by atoms with Crippen LogP contribution in [0.1, 0.15) is 16.3 Å². The largest absolute Gasteiger partial charge is 0.484 e. The van der Waals surface area contributed by atoms with Gasteiger partial charge in [-0.15, -0.1) is 0 Å². The van der Waals surface area contributed by atoms with Gasteiger partial charge in [0, 0.05) is 0 Å². The maximum Gasteiger partial charge on any atom is 0.291 e. The van der Waals surface area contributed by atoms with E-state index in [1.165, 1.54) is 12.1 Å². The van der Waals surface area contributed by atoms with Gasteiger partial charge in [-0.05, 0) is 30.3 Å². The van der Waals surface area contributed by atoms with Gasteiger partial charge in [0.05, 0.1) is 5.02 Å². The molecule has 0 saturated heterocycles. The average Bonchev–Trinajstić information content (AvgIpc) is 3.16. The van der Waals surface area contributed by atoms with E-state index in [0.717, 1.165) is 18.2 Å². The zero-order valence-electron chi connectivity index (χ0n) is 14.0. The Morgan fingerprint density at radius 1 is 0.931 bits per heavy atom. The number of rotatable bonds is 5. The summed E-state index contributed by atoms with van der Waals surface area (Å²) in [4.78, 5) is 12.0. The molecule has 1 N–H and O–H groups in total. The van der Waals surface area contributed by atoms with Crippen molar-refractivity contribution in [1.29, 1.82) is 0 Å². The average molecular weight is 436 g/mol. The maximum absolute atomic E-state index is 13.6. The number of carbonyl (C=O) groups excluding carboxylic acids is 1. The molecule has 0 aliphatic heterocycles. The fourth-order valence-electron chi connectivity index (χ4n) is 2.21. The smallest absolute Gasteiger partial charge is 0.291 e. The minimum Gasteiger partial charge on any atom is -0.484 e.